The number of hydrogen-bond acceptors (Lipinski definition) is 4. The SMILES string of the molecule is CC(C)[C@H](N)C(=O)N1CCCC(CN(C(=O)OCc2ccccc2)C2CC2)C1. The maximum Gasteiger partial charge on any atom is 0.410 e. The van der Waals surface area contributed by atoms with Gasteiger partial charge in [0.2, 0.25) is 5.91 Å². The zero-order valence-electron chi connectivity index (χ0n) is 17.0. The Morgan fingerprint density at radius 1 is 1.21 bits per heavy atom. The van der Waals surface area contributed by atoms with E-state index in [1.807, 2.05) is 54.0 Å². The fraction of sp³-hybridized carbons (Fsp3) is 0.636. The summed E-state index contributed by atoms with van der Waals surface area (Å²) in [5.41, 5.74) is 7.05. The minimum Gasteiger partial charge on any atom is -0.445 e. The van der Waals surface area contributed by atoms with E-state index >= 15 is 0 Å². The number of hydrogen-bond donors (Lipinski definition) is 1. The number of amides is 2. The summed E-state index contributed by atoms with van der Waals surface area (Å²) in [5, 5.41) is 0. The fourth-order valence-electron chi connectivity index (χ4n) is 3.75. The van der Waals surface area contributed by atoms with E-state index in [9.17, 15) is 9.59 Å². The molecule has 1 saturated carbocycles. The number of ether oxygens (including phenoxy) is 1. The van der Waals surface area contributed by atoms with Crippen molar-refractivity contribution in [3.63, 3.8) is 0 Å². The van der Waals surface area contributed by atoms with Crippen molar-refractivity contribution in [3.8, 4) is 0 Å². The van der Waals surface area contributed by atoms with Gasteiger partial charge in [0, 0.05) is 25.7 Å². The van der Waals surface area contributed by atoms with E-state index < -0.39 is 6.04 Å². The maximum atomic E-state index is 12.7. The lowest BCUT2D eigenvalue weighted by molar-refractivity contribution is -0.135. The van der Waals surface area contributed by atoms with Crippen LogP contribution in [0.1, 0.15) is 45.1 Å². The topological polar surface area (TPSA) is 75.9 Å². The van der Waals surface area contributed by atoms with Gasteiger partial charge in [0.25, 0.3) is 0 Å². The average Bonchev–Trinajstić information content (AvgIpc) is 3.55. The number of carbonyl (C=O) groups is 2. The third-order valence-electron chi connectivity index (χ3n) is 5.72. The van der Waals surface area contributed by atoms with Gasteiger partial charge in [0.15, 0.2) is 0 Å². The Kier molecular flexibility index (Phi) is 6.94. The summed E-state index contributed by atoms with van der Waals surface area (Å²) in [6.45, 7) is 6.33. The van der Waals surface area contributed by atoms with Crippen LogP contribution in [0.4, 0.5) is 4.79 Å². The highest BCUT2D eigenvalue weighted by Crippen LogP contribution is 2.30. The smallest absolute Gasteiger partial charge is 0.410 e. The summed E-state index contributed by atoms with van der Waals surface area (Å²) >= 11 is 0. The monoisotopic (exact) mass is 387 g/mol. The highest BCUT2D eigenvalue weighted by atomic mass is 16.6. The predicted molar refractivity (Wildman–Crippen MR) is 108 cm³/mol. The summed E-state index contributed by atoms with van der Waals surface area (Å²) in [5.74, 6) is 0.440. The lowest BCUT2D eigenvalue weighted by Crippen LogP contribution is -2.51. The molecule has 0 bridgehead atoms. The van der Waals surface area contributed by atoms with E-state index in [0.717, 1.165) is 37.8 Å². The Bertz CT molecular complexity index is 660. The number of carbonyl (C=O) groups excluding carboxylic acids is 2. The van der Waals surface area contributed by atoms with Crippen LogP contribution in [0, 0.1) is 11.8 Å². The minimum atomic E-state index is -0.450. The number of nitrogens with zero attached hydrogens (tertiary/aromatic N) is 2. The first-order valence-corrected chi connectivity index (χ1v) is 10.5. The minimum absolute atomic E-state index is 0.0318. The second-order valence-electron chi connectivity index (χ2n) is 8.49. The molecule has 2 N–H and O–H groups in total. The predicted octanol–water partition coefficient (Wildman–Crippen LogP) is 3.01. The Morgan fingerprint density at radius 2 is 1.93 bits per heavy atom. The zero-order valence-corrected chi connectivity index (χ0v) is 17.0. The van der Waals surface area contributed by atoms with Crippen LogP contribution in [0.3, 0.4) is 0 Å². The molecule has 1 aromatic rings. The highest BCUT2D eigenvalue weighted by Gasteiger charge is 2.37. The van der Waals surface area contributed by atoms with E-state index in [2.05, 4.69) is 0 Å². The maximum absolute atomic E-state index is 12.7. The van der Waals surface area contributed by atoms with E-state index in [4.69, 9.17) is 10.5 Å². The Hall–Kier alpha value is -2.08. The molecule has 1 heterocycles. The van der Waals surface area contributed by atoms with Crippen molar-refractivity contribution in [3.05, 3.63) is 35.9 Å². The summed E-state index contributed by atoms with van der Waals surface area (Å²) < 4.78 is 5.56. The van der Waals surface area contributed by atoms with Gasteiger partial charge in [-0.3, -0.25) is 4.79 Å². The van der Waals surface area contributed by atoms with Gasteiger partial charge in [0.1, 0.15) is 6.61 Å². The van der Waals surface area contributed by atoms with Gasteiger partial charge in [-0.1, -0.05) is 44.2 Å². The zero-order chi connectivity index (χ0) is 20.1. The fourth-order valence-corrected chi connectivity index (χ4v) is 3.75. The molecule has 28 heavy (non-hydrogen) atoms. The molecule has 1 unspecified atom stereocenters. The molecule has 154 valence electrons. The number of nitrogens with two attached hydrogens (primary N) is 1. The first kappa shape index (κ1) is 20.6. The molecule has 3 rings (SSSR count). The van der Waals surface area contributed by atoms with Crippen LogP contribution >= 0.6 is 0 Å². The van der Waals surface area contributed by atoms with Crippen LogP contribution in [0.2, 0.25) is 0 Å². The second-order valence-corrected chi connectivity index (χ2v) is 8.49. The van der Waals surface area contributed by atoms with Crippen LogP contribution in [-0.4, -0.2) is 53.5 Å². The van der Waals surface area contributed by atoms with Crippen LogP contribution in [0.5, 0.6) is 0 Å². The first-order valence-electron chi connectivity index (χ1n) is 10.5. The van der Waals surface area contributed by atoms with Crippen molar-refractivity contribution in [2.75, 3.05) is 19.6 Å². The molecule has 0 radical (unpaired) electrons. The summed E-state index contributed by atoms with van der Waals surface area (Å²) in [6, 6.07) is 9.58. The Labute approximate surface area is 168 Å². The molecule has 6 nitrogen and oxygen atoms in total. The van der Waals surface area contributed by atoms with E-state index in [0.29, 0.717) is 19.7 Å². The quantitative estimate of drug-likeness (QED) is 0.780. The normalized spacial score (nSPS) is 20.7. The first-order chi connectivity index (χ1) is 13.5. The second kappa shape index (κ2) is 9.41. The van der Waals surface area contributed by atoms with E-state index in [-0.39, 0.29) is 29.9 Å². The molecule has 2 fully saturated rings. The molecular weight excluding hydrogens is 354 g/mol. The molecular formula is C22H33N3O3. The third kappa shape index (κ3) is 5.47. The third-order valence-corrected chi connectivity index (χ3v) is 5.72. The number of benzene rings is 1. The van der Waals surface area contributed by atoms with Crippen LogP contribution in [-0.2, 0) is 16.1 Å². The lowest BCUT2D eigenvalue weighted by atomic mass is 9.95. The largest absolute Gasteiger partial charge is 0.445 e. The molecule has 1 aliphatic heterocycles. The standard InChI is InChI=1S/C22H33N3O3/c1-16(2)20(23)21(26)24-12-6-9-18(13-24)14-25(19-10-11-19)22(27)28-15-17-7-4-3-5-8-17/h3-5,7-8,16,18-20H,6,9-15,23H2,1-2H3/t18?,20-/m0/s1. The molecule has 0 spiro atoms. The molecule has 0 aromatic heterocycles. The highest BCUT2D eigenvalue weighted by molar-refractivity contribution is 5.82. The van der Waals surface area contributed by atoms with Crippen molar-refractivity contribution in [2.45, 2.75) is 58.2 Å². The molecule has 2 aliphatic rings. The van der Waals surface area contributed by atoms with Crippen molar-refractivity contribution < 1.29 is 14.3 Å². The van der Waals surface area contributed by atoms with Gasteiger partial charge in [-0.2, -0.15) is 0 Å². The molecule has 6 heteroatoms. The number of likely N-dealkylation sites (tertiary alicyclic amines) is 1. The molecule has 1 saturated heterocycles. The van der Waals surface area contributed by atoms with Crippen LogP contribution < -0.4 is 5.73 Å². The van der Waals surface area contributed by atoms with Crippen molar-refractivity contribution >= 4 is 12.0 Å². The van der Waals surface area contributed by atoms with E-state index in [1.54, 1.807) is 0 Å². The van der Waals surface area contributed by atoms with Crippen molar-refractivity contribution in [1.29, 1.82) is 0 Å². The summed E-state index contributed by atoms with van der Waals surface area (Å²) in [7, 11) is 0. The summed E-state index contributed by atoms with van der Waals surface area (Å²) in [6.07, 6.45) is 3.81. The average molecular weight is 388 g/mol. The Balaban J connectivity index is 1.55. The molecule has 1 aromatic carbocycles. The van der Waals surface area contributed by atoms with E-state index in [1.165, 1.54) is 0 Å². The summed E-state index contributed by atoms with van der Waals surface area (Å²) in [4.78, 5) is 29.1. The van der Waals surface area contributed by atoms with Gasteiger partial charge in [-0.25, -0.2) is 4.79 Å². The van der Waals surface area contributed by atoms with Crippen LogP contribution in [0.15, 0.2) is 30.3 Å². The lowest BCUT2D eigenvalue weighted by Gasteiger charge is -2.37. The number of rotatable bonds is 7. The van der Waals surface area contributed by atoms with Gasteiger partial charge in [-0.15, -0.1) is 0 Å². The van der Waals surface area contributed by atoms with Gasteiger partial charge in [0.05, 0.1) is 6.04 Å². The molecule has 1 aliphatic carbocycles. The number of piperidine rings is 1. The molecule has 2 amide bonds. The van der Waals surface area contributed by atoms with Gasteiger partial charge in [-0.05, 0) is 43.1 Å². The van der Waals surface area contributed by atoms with Crippen molar-refractivity contribution in [1.82, 2.24) is 9.80 Å². The Morgan fingerprint density at radius 3 is 2.57 bits per heavy atom. The van der Waals surface area contributed by atoms with Gasteiger partial charge < -0.3 is 20.3 Å². The van der Waals surface area contributed by atoms with Crippen molar-refractivity contribution in [2.24, 2.45) is 17.6 Å². The van der Waals surface area contributed by atoms with Crippen LogP contribution in [0.25, 0.3) is 0 Å². The molecule has 2 atom stereocenters. The van der Waals surface area contributed by atoms with Gasteiger partial charge >= 0.3 is 6.09 Å².